The van der Waals surface area contributed by atoms with Gasteiger partial charge in [0, 0.05) is 11.6 Å². The molecule has 1 aliphatic carbocycles. The highest BCUT2D eigenvalue weighted by Crippen LogP contribution is 2.27. The molecular formula is C17H18F2N2O2. The summed E-state index contributed by atoms with van der Waals surface area (Å²) in [6.07, 6.45) is 6.78. The van der Waals surface area contributed by atoms with E-state index in [0.717, 1.165) is 19.3 Å². The second-order valence-corrected chi connectivity index (χ2v) is 5.49. The van der Waals surface area contributed by atoms with E-state index in [0.29, 0.717) is 18.4 Å². The molecule has 1 aromatic carbocycles. The molecule has 0 radical (unpaired) electrons. The first-order chi connectivity index (χ1) is 11.0. The van der Waals surface area contributed by atoms with Gasteiger partial charge < -0.3 is 10.1 Å². The second kappa shape index (κ2) is 7.73. The van der Waals surface area contributed by atoms with Crippen molar-refractivity contribution in [3.05, 3.63) is 35.9 Å². The molecule has 1 aromatic rings. The molecule has 6 heteroatoms. The molecular weight excluding hydrogens is 302 g/mol. The van der Waals surface area contributed by atoms with Gasteiger partial charge in [0.05, 0.1) is 6.07 Å². The fraction of sp³-hybridized carbons (Fsp3) is 0.412. The number of nitrogens with zero attached hydrogens (tertiary/aromatic N) is 1. The molecule has 0 aliphatic heterocycles. The lowest BCUT2D eigenvalue weighted by Crippen LogP contribution is -2.48. The van der Waals surface area contributed by atoms with Crippen molar-refractivity contribution >= 4 is 12.0 Å². The van der Waals surface area contributed by atoms with E-state index in [1.807, 2.05) is 0 Å². The number of hydrogen-bond acceptors (Lipinski definition) is 3. The van der Waals surface area contributed by atoms with Crippen LogP contribution >= 0.6 is 0 Å². The van der Waals surface area contributed by atoms with Crippen molar-refractivity contribution in [3.63, 3.8) is 0 Å². The van der Waals surface area contributed by atoms with E-state index in [2.05, 4.69) is 16.1 Å². The lowest BCUT2D eigenvalue weighted by atomic mass is 9.83. The predicted molar refractivity (Wildman–Crippen MR) is 81.7 cm³/mol. The van der Waals surface area contributed by atoms with E-state index in [1.165, 1.54) is 18.2 Å². The van der Waals surface area contributed by atoms with E-state index >= 15 is 0 Å². The number of carbonyl (C=O) groups excluding carboxylic acids is 1. The van der Waals surface area contributed by atoms with Gasteiger partial charge in [-0.05, 0) is 25.0 Å². The molecule has 1 aliphatic rings. The number of amides is 1. The van der Waals surface area contributed by atoms with Crippen molar-refractivity contribution in [3.8, 4) is 11.8 Å². The molecule has 0 aromatic heterocycles. The highest BCUT2D eigenvalue weighted by atomic mass is 19.3. The van der Waals surface area contributed by atoms with E-state index in [9.17, 15) is 18.8 Å². The van der Waals surface area contributed by atoms with E-state index in [-0.39, 0.29) is 5.75 Å². The summed E-state index contributed by atoms with van der Waals surface area (Å²) in [4.78, 5) is 12.0. The Kier molecular flexibility index (Phi) is 5.69. The summed E-state index contributed by atoms with van der Waals surface area (Å²) in [5.41, 5.74) is -0.448. The SMILES string of the molecule is N#CC1(NC(=O)/C=C/c2ccccc2OC(F)F)CCCCC1. The van der Waals surface area contributed by atoms with Gasteiger partial charge in [0.1, 0.15) is 11.3 Å². The summed E-state index contributed by atoms with van der Waals surface area (Å²) in [5.74, 6) is -0.417. The molecule has 122 valence electrons. The summed E-state index contributed by atoms with van der Waals surface area (Å²) in [5, 5.41) is 12.1. The van der Waals surface area contributed by atoms with Crippen LogP contribution in [0.4, 0.5) is 8.78 Å². The fourth-order valence-corrected chi connectivity index (χ4v) is 2.68. The lowest BCUT2D eigenvalue weighted by molar-refractivity contribution is -0.118. The van der Waals surface area contributed by atoms with Crippen LogP contribution in [0.5, 0.6) is 5.75 Å². The van der Waals surface area contributed by atoms with Crippen molar-refractivity contribution < 1.29 is 18.3 Å². The van der Waals surface area contributed by atoms with Crippen molar-refractivity contribution in [2.75, 3.05) is 0 Å². The van der Waals surface area contributed by atoms with Crippen molar-refractivity contribution in [1.29, 1.82) is 5.26 Å². The maximum Gasteiger partial charge on any atom is 0.387 e. The first kappa shape index (κ1) is 16.9. The largest absolute Gasteiger partial charge is 0.434 e. The summed E-state index contributed by atoms with van der Waals surface area (Å²) >= 11 is 0. The first-order valence-corrected chi connectivity index (χ1v) is 7.50. The second-order valence-electron chi connectivity index (χ2n) is 5.49. The zero-order valence-corrected chi connectivity index (χ0v) is 12.6. The van der Waals surface area contributed by atoms with Crippen LogP contribution in [0.3, 0.4) is 0 Å². The molecule has 1 saturated carbocycles. The topological polar surface area (TPSA) is 62.1 Å². The fourth-order valence-electron chi connectivity index (χ4n) is 2.68. The van der Waals surface area contributed by atoms with Crippen LogP contribution in [-0.2, 0) is 4.79 Å². The van der Waals surface area contributed by atoms with E-state index in [1.54, 1.807) is 18.2 Å². The Morgan fingerprint density at radius 1 is 1.30 bits per heavy atom. The molecule has 1 fully saturated rings. The van der Waals surface area contributed by atoms with Crippen LogP contribution in [0.25, 0.3) is 6.08 Å². The zero-order valence-electron chi connectivity index (χ0n) is 12.6. The molecule has 0 unspecified atom stereocenters. The van der Waals surface area contributed by atoms with Crippen molar-refractivity contribution in [2.24, 2.45) is 0 Å². The van der Waals surface area contributed by atoms with E-state index in [4.69, 9.17) is 0 Å². The van der Waals surface area contributed by atoms with Crippen LogP contribution < -0.4 is 10.1 Å². The van der Waals surface area contributed by atoms with Gasteiger partial charge in [-0.3, -0.25) is 4.79 Å². The molecule has 0 atom stereocenters. The zero-order chi connectivity index (χ0) is 16.7. The number of halogens is 2. The van der Waals surface area contributed by atoms with Crippen LogP contribution in [0.15, 0.2) is 30.3 Å². The summed E-state index contributed by atoms with van der Waals surface area (Å²) < 4.78 is 29.1. The number of benzene rings is 1. The minimum absolute atomic E-state index is 0.000729. The number of rotatable bonds is 5. The smallest absolute Gasteiger partial charge is 0.387 e. The van der Waals surface area contributed by atoms with E-state index < -0.39 is 18.1 Å². The normalized spacial score (nSPS) is 17.0. The molecule has 0 saturated heterocycles. The molecule has 1 amide bonds. The van der Waals surface area contributed by atoms with Gasteiger partial charge in [-0.25, -0.2) is 0 Å². The van der Waals surface area contributed by atoms with Gasteiger partial charge in [-0.2, -0.15) is 14.0 Å². The Labute approximate surface area is 133 Å². The maximum atomic E-state index is 12.3. The lowest BCUT2D eigenvalue weighted by Gasteiger charge is -2.31. The highest BCUT2D eigenvalue weighted by Gasteiger charge is 2.32. The number of nitriles is 1. The van der Waals surface area contributed by atoms with Crippen LogP contribution in [-0.4, -0.2) is 18.1 Å². The maximum absolute atomic E-state index is 12.3. The number of hydrogen-bond donors (Lipinski definition) is 1. The molecule has 4 nitrogen and oxygen atoms in total. The molecule has 0 spiro atoms. The molecule has 0 bridgehead atoms. The molecule has 1 N–H and O–H groups in total. The Hall–Kier alpha value is -2.42. The molecule has 2 rings (SSSR count). The minimum Gasteiger partial charge on any atom is -0.434 e. The average molecular weight is 320 g/mol. The minimum atomic E-state index is -2.93. The highest BCUT2D eigenvalue weighted by molar-refractivity contribution is 5.92. The molecule has 0 heterocycles. The van der Waals surface area contributed by atoms with Crippen LogP contribution in [0, 0.1) is 11.3 Å². The Balaban J connectivity index is 2.05. The average Bonchev–Trinajstić information content (AvgIpc) is 2.54. The summed E-state index contributed by atoms with van der Waals surface area (Å²) in [7, 11) is 0. The third-order valence-electron chi connectivity index (χ3n) is 3.83. The van der Waals surface area contributed by atoms with Gasteiger partial charge in [-0.1, -0.05) is 37.5 Å². The standard InChI is InChI=1S/C17H18F2N2O2/c18-16(19)23-14-7-3-2-6-13(14)8-9-15(22)21-17(12-20)10-4-1-5-11-17/h2-3,6-9,16H,1,4-5,10-11H2,(H,21,22)/b9-8+. The van der Waals surface area contributed by atoms with Crippen molar-refractivity contribution in [1.82, 2.24) is 5.32 Å². The number of carbonyl (C=O) groups is 1. The van der Waals surface area contributed by atoms with Gasteiger partial charge in [0.15, 0.2) is 0 Å². The third-order valence-corrected chi connectivity index (χ3v) is 3.83. The van der Waals surface area contributed by atoms with Crippen molar-refractivity contribution in [2.45, 2.75) is 44.3 Å². The van der Waals surface area contributed by atoms with Crippen LogP contribution in [0.2, 0.25) is 0 Å². The van der Waals surface area contributed by atoms with Gasteiger partial charge in [-0.15, -0.1) is 0 Å². The number of ether oxygens (including phenoxy) is 1. The van der Waals surface area contributed by atoms with Gasteiger partial charge >= 0.3 is 6.61 Å². The van der Waals surface area contributed by atoms with Gasteiger partial charge in [0.2, 0.25) is 5.91 Å². The molecule has 23 heavy (non-hydrogen) atoms. The quantitative estimate of drug-likeness (QED) is 0.843. The summed E-state index contributed by atoms with van der Waals surface area (Å²) in [6, 6.07) is 8.40. The number of alkyl halides is 2. The first-order valence-electron chi connectivity index (χ1n) is 7.50. The van der Waals surface area contributed by atoms with Crippen LogP contribution in [0.1, 0.15) is 37.7 Å². The number of nitrogens with one attached hydrogen (secondary N) is 1. The Morgan fingerprint density at radius 2 is 2.00 bits per heavy atom. The summed E-state index contributed by atoms with van der Waals surface area (Å²) in [6.45, 7) is -2.93. The monoisotopic (exact) mass is 320 g/mol. The van der Waals surface area contributed by atoms with Gasteiger partial charge in [0.25, 0.3) is 0 Å². The Bertz CT molecular complexity index is 617. The number of para-hydroxylation sites is 1. The Morgan fingerprint density at radius 3 is 2.65 bits per heavy atom. The third kappa shape index (κ3) is 4.78. The predicted octanol–water partition coefficient (Wildman–Crippen LogP) is 3.64.